The maximum absolute atomic E-state index is 13.8. The van der Waals surface area contributed by atoms with Crippen LogP contribution in [0.15, 0.2) is 18.3 Å². The van der Waals surface area contributed by atoms with Crippen molar-refractivity contribution in [1.29, 1.82) is 0 Å². The molecule has 0 aliphatic heterocycles. The highest BCUT2D eigenvalue weighted by Gasteiger charge is 2.15. The van der Waals surface area contributed by atoms with Gasteiger partial charge in [-0.25, -0.2) is 4.39 Å². The van der Waals surface area contributed by atoms with Gasteiger partial charge < -0.3 is 15.0 Å². The van der Waals surface area contributed by atoms with E-state index >= 15 is 0 Å². The second-order valence-corrected chi connectivity index (χ2v) is 4.61. The van der Waals surface area contributed by atoms with Crippen LogP contribution in [0.3, 0.4) is 0 Å². The molecule has 0 radical (unpaired) electrons. The van der Waals surface area contributed by atoms with Gasteiger partial charge in [-0.1, -0.05) is 6.92 Å². The van der Waals surface area contributed by atoms with Crippen LogP contribution in [0, 0.1) is 5.82 Å². The van der Waals surface area contributed by atoms with Crippen molar-refractivity contribution in [2.75, 3.05) is 13.7 Å². The van der Waals surface area contributed by atoms with Gasteiger partial charge in [-0.3, -0.25) is 4.79 Å². The van der Waals surface area contributed by atoms with Gasteiger partial charge in [0.25, 0.3) is 0 Å². The lowest BCUT2D eigenvalue weighted by Crippen LogP contribution is -2.24. The summed E-state index contributed by atoms with van der Waals surface area (Å²) in [4.78, 5) is 13.9. The monoisotopic (exact) mass is 264 g/mol. The van der Waals surface area contributed by atoms with Gasteiger partial charge in [0.2, 0.25) is 5.91 Å². The number of methoxy groups -OCH3 is 1. The minimum absolute atomic E-state index is 0.0737. The molecule has 102 valence electrons. The van der Waals surface area contributed by atoms with Crippen LogP contribution in [-0.2, 0) is 4.79 Å². The minimum atomic E-state index is -0.340. The standard InChI is InChI=1S/C14H17FN2O2/c1-8(6-16-9(2)18)12-7-17-14-11(12)4-10(19-3)5-13(14)15/h4-5,7-8,17H,6H2,1-3H3,(H,16,18). The lowest BCUT2D eigenvalue weighted by Gasteiger charge is -2.11. The van der Waals surface area contributed by atoms with Crippen LogP contribution in [0.2, 0.25) is 0 Å². The van der Waals surface area contributed by atoms with Gasteiger partial charge in [-0.2, -0.15) is 0 Å². The summed E-state index contributed by atoms with van der Waals surface area (Å²) in [5.41, 5.74) is 1.42. The Labute approximate surface area is 111 Å². The molecule has 1 aromatic heterocycles. The smallest absolute Gasteiger partial charge is 0.216 e. The van der Waals surface area contributed by atoms with E-state index in [2.05, 4.69) is 10.3 Å². The van der Waals surface area contributed by atoms with Crippen molar-refractivity contribution >= 4 is 16.8 Å². The second kappa shape index (κ2) is 5.30. The van der Waals surface area contributed by atoms with Crippen LogP contribution in [-0.4, -0.2) is 24.5 Å². The van der Waals surface area contributed by atoms with Gasteiger partial charge >= 0.3 is 0 Å². The number of halogens is 1. The number of fused-ring (bicyclic) bond motifs is 1. The van der Waals surface area contributed by atoms with Crippen molar-refractivity contribution in [3.8, 4) is 5.75 Å². The summed E-state index contributed by atoms with van der Waals surface area (Å²) in [6, 6.07) is 3.15. The lowest BCUT2D eigenvalue weighted by atomic mass is 10.00. The van der Waals surface area contributed by atoms with Crippen molar-refractivity contribution in [1.82, 2.24) is 10.3 Å². The fraction of sp³-hybridized carbons (Fsp3) is 0.357. The van der Waals surface area contributed by atoms with Crippen molar-refractivity contribution < 1.29 is 13.9 Å². The number of rotatable bonds is 4. The highest BCUT2D eigenvalue weighted by Crippen LogP contribution is 2.30. The number of ether oxygens (including phenoxy) is 1. The minimum Gasteiger partial charge on any atom is -0.497 e. The number of carbonyl (C=O) groups excluding carboxylic acids is 1. The number of carbonyl (C=O) groups is 1. The summed E-state index contributed by atoms with van der Waals surface area (Å²) in [6.07, 6.45) is 1.78. The SMILES string of the molecule is COc1cc(F)c2[nH]cc(C(C)CNC(C)=O)c2c1. The molecule has 2 N–H and O–H groups in total. The third-order valence-electron chi connectivity index (χ3n) is 3.17. The second-order valence-electron chi connectivity index (χ2n) is 4.61. The average molecular weight is 264 g/mol. The predicted molar refractivity (Wildman–Crippen MR) is 71.9 cm³/mol. The van der Waals surface area contributed by atoms with Gasteiger partial charge in [-0.05, 0) is 11.6 Å². The number of amides is 1. The summed E-state index contributed by atoms with van der Waals surface area (Å²) in [7, 11) is 1.51. The van der Waals surface area contributed by atoms with Crippen molar-refractivity contribution in [2.45, 2.75) is 19.8 Å². The first-order valence-electron chi connectivity index (χ1n) is 6.12. The van der Waals surface area contributed by atoms with Crippen molar-refractivity contribution in [2.24, 2.45) is 0 Å². The molecular weight excluding hydrogens is 247 g/mol. The van der Waals surface area contributed by atoms with Gasteiger partial charge in [0.05, 0.1) is 12.6 Å². The molecule has 0 aliphatic rings. The Balaban J connectivity index is 2.38. The molecule has 0 bridgehead atoms. The summed E-state index contributed by atoms with van der Waals surface area (Å²) in [5.74, 6) is 0.157. The van der Waals surface area contributed by atoms with E-state index in [-0.39, 0.29) is 17.6 Å². The molecule has 0 spiro atoms. The molecule has 1 unspecified atom stereocenters. The van der Waals surface area contributed by atoms with E-state index in [0.29, 0.717) is 17.8 Å². The fourth-order valence-corrected chi connectivity index (χ4v) is 2.12. The molecular formula is C14H17FN2O2. The van der Waals surface area contributed by atoms with Crippen LogP contribution < -0.4 is 10.1 Å². The first-order valence-corrected chi connectivity index (χ1v) is 6.12. The number of hydrogen-bond acceptors (Lipinski definition) is 2. The number of H-pyrrole nitrogens is 1. The zero-order valence-corrected chi connectivity index (χ0v) is 11.2. The third-order valence-corrected chi connectivity index (χ3v) is 3.17. The Hall–Kier alpha value is -2.04. The van der Waals surface area contributed by atoms with E-state index in [1.165, 1.54) is 20.1 Å². The van der Waals surface area contributed by atoms with Crippen LogP contribution in [0.1, 0.15) is 25.3 Å². The Morgan fingerprint density at radius 1 is 1.53 bits per heavy atom. The first-order chi connectivity index (χ1) is 9.02. The molecule has 4 nitrogen and oxygen atoms in total. The molecule has 0 aliphatic carbocycles. The highest BCUT2D eigenvalue weighted by atomic mass is 19.1. The maximum Gasteiger partial charge on any atom is 0.216 e. The molecule has 1 amide bonds. The van der Waals surface area contributed by atoms with E-state index in [9.17, 15) is 9.18 Å². The predicted octanol–water partition coefficient (Wildman–Crippen LogP) is 2.56. The zero-order valence-electron chi connectivity index (χ0n) is 11.2. The third kappa shape index (κ3) is 2.70. The van der Waals surface area contributed by atoms with E-state index in [4.69, 9.17) is 4.74 Å². The number of benzene rings is 1. The Bertz CT molecular complexity index is 607. The van der Waals surface area contributed by atoms with Gasteiger partial charge in [0, 0.05) is 37.0 Å². The molecule has 2 aromatic rings. The van der Waals surface area contributed by atoms with E-state index in [1.807, 2.05) is 6.92 Å². The number of hydrogen-bond donors (Lipinski definition) is 2. The van der Waals surface area contributed by atoms with E-state index in [1.54, 1.807) is 12.3 Å². The fourth-order valence-electron chi connectivity index (χ4n) is 2.12. The normalized spacial score (nSPS) is 12.4. The average Bonchev–Trinajstić information content (AvgIpc) is 2.80. The van der Waals surface area contributed by atoms with Crippen LogP contribution in [0.4, 0.5) is 4.39 Å². The van der Waals surface area contributed by atoms with Gasteiger partial charge in [0.15, 0.2) is 5.82 Å². The number of aromatic amines is 1. The number of nitrogens with one attached hydrogen (secondary N) is 2. The molecule has 2 rings (SSSR count). The topological polar surface area (TPSA) is 54.1 Å². The molecule has 1 atom stereocenters. The number of aromatic nitrogens is 1. The van der Waals surface area contributed by atoms with Crippen molar-refractivity contribution in [3.05, 3.63) is 29.7 Å². The molecule has 0 saturated heterocycles. The summed E-state index contributed by atoms with van der Waals surface area (Å²) in [6.45, 7) is 3.97. The lowest BCUT2D eigenvalue weighted by molar-refractivity contribution is -0.119. The molecule has 0 saturated carbocycles. The molecule has 0 fully saturated rings. The Morgan fingerprint density at radius 2 is 2.26 bits per heavy atom. The summed E-state index contributed by atoms with van der Waals surface area (Å²) >= 11 is 0. The summed E-state index contributed by atoms with van der Waals surface area (Å²) < 4.78 is 18.9. The Kier molecular flexibility index (Phi) is 3.74. The summed E-state index contributed by atoms with van der Waals surface area (Å²) in [5, 5.41) is 3.55. The largest absolute Gasteiger partial charge is 0.497 e. The van der Waals surface area contributed by atoms with E-state index in [0.717, 1.165) is 10.9 Å². The molecule has 1 aromatic carbocycles. The first kappa shape index (κ1) is 13.4. The van der Waals surface area contributed by atoms with E-state index < -0.39 is 0 Å². The van der Waals surface area contributed by atoms with Crippen LogP contribution >= 0.6 is 0 Å². The van der Waals surface area contributed by atoms with Crippen molar-refractivity contribution in [3.63, 3.8) is 0 Å². The molecule has 19 heavy (non-hydrogen) atoms. The van der Waals surface area contributed by atoms with Crippen LogP contribution in [0.25, 0.3) is 10.9 Å². The highest BCUT2D eigenvalue weighted by molar-refractivity contribution is 5.85. The zero-order chi connectivity index (χ0) is 14.0. The maximum atomic E-state index is 13.8. The molecule has 1 heterocycles. The Morgan fingerprint density at radius 3 is 2.89 bits per heavy atom. The quantitative estimate of drug-likeness (QED) is 0.891. The van der Waals surface area contributed by atoms with Gasteiger partial charge in [0.1, 0.15) is 5.75 Å². The molecule has 5 heteroatoms. The van der Waals surface area contributed by atoms with Crippen LogP contribution in [0.5, 0.6) is 5.75 Å². The van der Waals surface area contributed by atoms with Gasteiger partial charge in [-0.15, -0.1) is 0 Å².